The summed E-state index contributed by atoms with van der Waals surface area (Å²) in [5, 5.41) is 45.3. The molecule has 0 radical (unpaired) electrons. The summed E-state index contributed by atoms with van der Waals surface area (Å²) in [4.78, 5) is 52.4. The van der Waals surface area contributed by atoms with Crippen molar-refractivity contribution in [1.82, 2.24) is 4.90 Å². The van der Waals surface area contributed by atoms with Crippen LogP contribution in [0.5, 0.6) is 5.75 Å². The molecule has 0 bridgehead atoms. The molecule has 13 heteroatoms. The van der Waals surface area contributed by atoms with E-state index in [-0.39, 0.29) is 62.8 Å². The number of rotatable bonds is 10. The van der Waals surface area contributed by atoms with Crippen molar-refractivity contribution in [2.45, 2.75) is 38.3 Å². The second kappa shape index (κ2) is 11.5. The van der Waals surface area contributed by atoms with E-state index in [4.69, 9.17) is 15.2 Å². The average molecular weight is 589 g/mol. The Morgan fingerprint density at radius 2 is 1.71 bits per heavy atom. The lowest BCUT2D eigenvalue weighted by molar-refractivity contribution is -0.159. The highest BCUT2D eigenvalue weighted by atomic mass is 16.6. The van der Waals surface area contributed by atoms with E-state index >= 15 is 0 Å². The molecule has 0 heterocycles. The summed E-state index contributed by atoms with van der Waals surface area (Å²) in [6.07, 6.45) is -0.922. The highest BCUT2D eigenvalue weighted by Gasteiger charge is 2.67. The second-order valence-electron chi connectivity index (χ2n) is 11.2. The third kappa shape index (κ3) is 4.96. The van der Waals surface area contributed by atoms with Gasteiger partial charge in [-0.25, -0.2) is 4.79 Å². The molecule has 1 saturated carbocycles. The molecule has 0 aliphatic heterocycles. The van der Waals surface area contributed by atoms with Gasteiger partial charge in [0.15, 0.2) is 17.2 Å². The Morgan fingerprint density at radius 1 is 1.07 bits per heavy atom. The molecule has 1 fully saturated rings. The predicted octanol–water partition coefficient (Wildman–Crippen LogP) is 0.875. The lowest BCUT2D eigenvalue weighted by Gasteiger charge is -2.54. The number of Topliss-reactive ketones (excluding diaryl/α,β-unsaturated/α-hetero) is 3. The van der Waals surface area contributed by atoms with Crippen LogP contribution in [0.2, 0.25) is 0 Å². The van der Waals surface area contributed by atoms with E-state index in [9.17, 15) is 39.6 Å². The Kier molecular flexibility index (Phi) is 8.52. The minimum atomic E-state index is -2.70. The summed E-state index contributed by atoms with van der Waals surface area (Å²) in [6, 6.07) is 1.89. The van der Waals surface area contributed by atoms with Crippen molar-refractivity contribution >= 4 is 29.2 Å². The molecule has 1 aromatic carbocycles. The molecule has 6 N–H and O–H groups in total. The second-order valence-corrected chi connectivity index (χ2v) is 11.2. The van der Waals surface area contributed by atoms with Gasteiger partial charge < -0.3 is 40.4 Å². The van der Waals surface area contributed by atoms with Crippen molar-refractivity contribution < 1.29 is 53.8 Å². The molecule has 0 unspecified atom stereocenters. The fourth-order valence-electron chi connectivity index (χ4n) is 6.55. The van der Waals surface area contributed by atoms with Gasteiger partial charge in [-0.1, -0.05) is 6.07 Å². The summed E-state index contributed by atoms with van der Waals surface area (Å²) in [5.41, 5.74) is 1.30. The van der Waals surface area contributed by atoms with Gasteiger partial charge in [-0.3, -0.25) is 19.3 Å². The van der Waals surface area contributed by atoms with E-state index in [1.165, 1.54) is 11.0 Å². The van der Waals surface area contributed by atoms with Crippen molar-refractivity contribution in [3.8, 4) is 5.75 Å². The van der Waals surface area contributed by atoms with E-state index in [1.54, 1.807) is 27.1 Å². The number of benzene rings is 1. The van der Waals surface area contributed by atoms with Crippen LogP contribution in [0.15, 0.2) is 29.0 Å². The number of aromatic hydroxyl groups is 1. The number of primary amides is 1. The lowest BCUT2D eigenvalue weighted by Crippen LogP contribution is -2.67. The molecule has 0 saturated heterocycles. The van der Waals surface area contributed by atoms with Crippen LogP contribution in [-0.4, -0.2) is 108 Å². The molecule has 4 atom stereocenters. The number of ketones is 3. The van der Waals surface area contributed by atoms with Crippen molar-refractivity contribution in [2.24, 2.45) is 17.1 Å². The number of aryl methyl sites for hydroxylation is 1. The number of likely N-dealkylation sites (N-methyl/N-ethyl adjacent to an activating group) is 1. The number of phenolic OH excluding ortho intramolecular Hbond substituents is 1. The summed E-state index contributed by atoms with van der Waals surface area (Å²) in [7, 11) is 3.13. The van der Waals surface area contributed by atoms with Crippen LogP contribution < -0.4 is 5.73 Å². The predicted molar refractivity (Wildman–Crippen MR) is 147 cm³/mol. The molecule has 3 aliphatic rings. The first-order chi connectivity index (χ1) is 19.7. The van der Waals surface area contributed by atoms with Gasteiger partial charge in [-0.2, -0.15) is 0 Å². The van der Waals surface area contributed by atoms with Crippen LogP contribution in [-0.2, 0) is 35.0 Å². The summed E-state index contributed by atoms with van der Waals surface area (Å²) in [6.45, 7) is 2.84. The zero-order chi connectivity index (χ0) is 31.1. The maximum Gasteiger partial charge on any atom is 0.404 e. The number of aliphatic hydroxyl groups excluding tert-OH is 2. The van der Waals surface area contributed by atoms with E-state index in [1.807, 2.05) is 0 Å². The fourth-order valence-corrected chi connectivity index (χ4v) is 6.55. The standard InChI is InChI=1S/C29H36N2O11/c1-14-5-6-18(33)20-16(14)11-28(13-41-8-7-40-9-10-42-27(30)38)12-17-22(31(3)4)24(35)19(15(2)32)25(36)29(17,39)26(37)21(28)23(20)34/h5-6,17,22,33-34,36,39H,7-13H2,1-4H3,(H2,30,38)/t17-,22-,28-,29+/m0/s1. The normalized spacial score (nSPS) is 27.1. The summed E-state index contributed by atoms with van der Waals surface area (Å²) >= 11 is 0. The van der Waals surface area contributed by atoms with E-state index < -0.39 is 63.5 Å². The highest BCUT2D eigenvalue weighted by molar-refractivity contribution is 6.25. The third-order valence-electron chi connectivity index (χ3n) is 8.39. The van der Waals surface area contributed by atoms with Crippen molar-refractivity contribution in [1.29, 1.82) is 0 Å². The summed E-state index contributed by atoms with van der Waals surface area (Å²) in [5.74, 6) is -5.73. The Balaban J connectivity index is 1.80. The molecule has 13 nitrogen and oxygen atoms in total. The molecule has 1 amide bonds. The van der Waals surface area contributed by atoms with Crippen LogP contribution >= 0.6 is 0 Å². The minimum Gasteiger partial charge on any atom is -0.508 e. The molecule has 3 aliphatic carbocycles. The number of hydrogen-bond donors (Lipinski definition) is 5. The van der Waals surface area contributed by atoms with Gasteiger partial charge in [0.25, 0.3) is 0 Å². The topological polar surface area (TPSA) is 206 Å². The molecule has 4 rings (SSSR count). The van der Waals surface area contributed by atoms with E-state index in [2.05, 4.69) is 4.74 Å². The Morgan fingerprint density at radius 3 is 2.33 bits per heavy atom. The summed E-state index contributed by atoms with van der Waals surface area (Å²) < 4.78 is 15.9. The van der Waals surface area contributed by atoms with Crippen molar-refractivity contribution in [3.63, 3.8) is 0 Å². The van der Waals surface area contributed by atoms with Gasteiger partial charge in [0.05, 0.1) is 43.6 Å². The molecule has 1 aromatic rings. The first kappa shape index (κ1) is 31.2. The Labute approximate surface area is 242 Å². The third-order valence-corrected chi connectivity index (χ3v) is 8.39. The maximum absolute atomic E-state index is 14.3. The van der Waals surface area contributed by atoms with Gasteiger partial charge in [0.1, 0.15) is 29.4 Å². The van der Waals surface area contributed by atoms with Crippen LogP contribution in [0.1, 0.15) is 30.0 Å². The first-order valence-electron chi connectivity index (χ1n) is 13.4. The van der Waals surface area contributed by atoms with Crippen molar-refractivity contribution in [2.75, 3.05) is 47.1 Å². The van der Waals surface area contributed by atoms with E-state index in [0.29, 0.717) is 5.56 Å². The lowest BCUT2D eigenvalue weighted by atomic mass is 9.51. The van der Waals surface area contributed by atoms with Crippen LogP contribution in [0.4, 0.5) is 4.79 Å². The maximum atomic E-state index is 14.3. The molecular formula is C29H36N2O11. The van der Waals surface area contributed by atoms with Crippen molar-refractivity contribution in [3.05, 3.63) is 45.7 Å². The number of carbonyl (C=O) groups is 4. The number of fused-ring (bicyclic) bond motifs is 3. The molecule has 228 valence electrons. The average Bonchev–Trinajstić information content (AvgIpc) is 2.89. The quantitative estimate of drug-likeness (QED) is 0.191. The number of nitrogens with zero attached hydrogens (tertiary/aromatic N) is 1. The van der Waals surface area contributed by atoms with Gasteiger partial charge in [0.2, 0.25) is 5.78 Å². The molecule has 42 heavy (non-hydrogen) atoms. The molecule has 0 aromatic heterocycles. The van der Waals surface area contributed by atoms with Gasteiger partial charge in [-0.15, -0.1) is 0 Å². The largest absolute Gasteiger partial charge is 0.508 e. The number of aliphatic hydroxyl groups is 3. The van der Waals surface area contributed by atoms with Gasteiger partial charge in [-0.05, 0) is 58.0 Å². The fraction of sp³-hybridized carbons (Fsp3) is 0.517. The molecular weight excluding hydrogens is 552 g/mol. The van der Waals surface area contributed by atoms with Crippen LogP contribution in [0.25, 0.3) is 5.76 Å². The SMILES string of the molecule is CC(=O)C1=C(O)[C@@]2(O)C(=O)C3=C(O)c4c(O)ccc(C)c4C[C@@]3(COCCOCCOC(N)=O)C[C@H]2[C@H](N(C)C)C1=O. The number of nitrogens with two attached hydrogens (primary N) is 1. The Bertz CT molecular complexity index is 1400. The zero-order valence-electron chi connectivity index (χ0n) is 23.9. The Hall–Kier alpha value is -3.78. The minimum absolute atomic E-state index is 0.0279. The number of hydrogen-bond acceptors (Lipinski definition) is 12. The monoisotopic (exact) mass is 588 g/mol. The smallest absolute Gasteiger partial charge is 0.404 e. The van der Waals surface area contributed by atoms with Crippen LogP contribution in [0.3, 0.4) is 0 Å². The first-order valence-corrected chi connectivity index (χ1v) is 13.4. The highest BCUT2D eigenvalue weighted by Crippen LogP contribution is 2.58. The van der Waals surface area contributed by atoms with Gasteiger partial charge in [0, 0.05) is 11.3 Å². The van der Waals surface area contributed by atoms with E-state index in [0.717, 1.165) is 12.5 Å². The molecule has 0 spiro atoms. The number of phenols is 1. The number of carbonyl (C=O) groups excluding carboxylic acids is 4. The number of ether oxygens (including phenoxy) is 3. The van der Waals surface area contributed by atoms with Crippen LogP contribution in [0, 0.1) is 18.3 Å². The number of amides is 1. The van der Waals surface area contributed by atoms with Gasteiger partial charge >= 0.3 is 6.09 Å². The zero-order valence-corrected chi connectivity index (χ0v) is 23.9.